The van der Waals surface area contributed by atoms with Crippen LogP contribution in [0.4, 0.5) is 0 Å². The second-order valence-corrected chi connectivity index (χ2v) is 6.49. The van der Waals surface area contributed by atoms with Gasteiger partial charge in [-0.3, -0.25) is 4.79 Å². The van der Waals surface area contributed by atoms with Crippen LogP contribution in [0.15, 0.2) is 24.3 Å². The molecule has 1 N–H and O–H groups in total. The minimum absolute atomic E-state index is 0.184. The second-order valence-electron chi connectivity index (χ2n) is 6.49. The van der Waals surface area contributed by atoms with Gasteiger partial charge in [-0.05, 0) is 42.5 Å². The number of nitrogens with one attached hydrogen (secondary N) is 1. The van der Waals surface area contributed by atoms with Gasteiger partial charge in [-0.1, -0.05) is 25.8 Å². The van der Waals surface area contributed by atoms with Crippen LogP contribution in [-0.2, 0) is 14.3 Å². The van der Waals surface area contributed by atoms with Gasteiger partial charge in [0.2, 0.25) is 6.79 Å². The van der Waals surface area contributed by atoms with E-state index >= 15 is 0 Å². The van der Waals surface area contributed by atoms with Crippen LogP contribution in [-0.4, -0.2) is 31.3 Å². The number of amides is 1. The van der Waals surface area contributed by atoms with Gasteiger partial charge in [-0.15, -0.1) is 0 Å². The molecule has 0 bridgehead atoms. The van der Waals surface area contributed by atoms with Gasteiger partial charge in [0.1, 0.15) is 0 Å². The van der Waals surface area contributed by atoms with Crippen LogP contribution >= 0.6 is 0 Å². The van der Waals surface area contributed by atoms with Crippen molar-refractivity contribution in [2.24, 2.45) is 5.92 Å². The predicted molar refractivity (Wildman–Crippen MR) is 92.1 cm³/mol. The summed E-state index contributed by atoms with van der Waals surface area (Å²) in [5.41, 5.74) is 0.793. The van der Waals surface area contributed by atoms with Gasteiger partial charge in [0.25, 0.3) is 5.91 Å². The van der Waals surface area contributed by atoms with Crippen molar-refractivity contribution in [1.82, 2.24) is 5.32 Å². The Hall–Kier alpha value is -2.50. The van der Waals surface area contributed by atoms with Gasteiger partial charge in [0.15, 0.2) is 18.1 Å². The van der Waals surface area contributed by atoms with Crippen LogP contribution < -0.4 is 14.8 Å². The molecule has 1 heterocycles. The molecule has 0 radical (unpaired) electrons. The lowest BCUT2D eigenvalue weighted by molar-refractivity contribution is -0.144. The van der Waals surface area contributed by atoms with Crippen LogP contribution in [0.25, 0.3) is 6.08 Å². The molecule has 1 aliphatic heterocycles. The largest absolute Gasteiger partial charge is 0.454 e. The molecule has 2 unspecified atom stereocenters. The summed E-state index contributed by atoms with van der Waals surface area (Å²) in [6, 6.07) is 5.56. The van der Waals surface area contributed by atoms with Crippen molar-refractivity contribution in [3.63, 3.8) is 0 Å². The summed E-state index contributed by atoms with van der Waals surface area (Å²) in [6.45, 7) is 2.09. The highest BCUT2D eigenvalue weighted by molar-refractivity contribution is 5.89. The fourth-order valence-electron chi connectivity index (χ4n) is 3.14. The number of rotatable bonds is 5. The molecular formula is C19H23NO5. The van der Waals surface area contributed by atoms with Crippen LogP contribution in [0.3, 0.4) is 0 Å². The zero-order valence-electron chi connectivity index (χ0n) is 14.3. The van der Waals surface area contributed by atoms with Crippen molar-refractivity contribution in [1.29, 1.82) is 0 Å². The molecule has 1 aromatic rings. The molecule has 0 aromatic heterocycles. The van der Waals surface area contributed by atoms with E-state index in [4.69, 9.17) is 14.2 Å². The Bertz CT molecular complexity index is 670. The molecule has 2 atom stereocenters. The first-order chi connectivity index (χ1) is 12.1. The maximum Gasteiger partial charge on any atom is 0.331 e. The lowest BCUT2D eigenvalue weighted by Gasteiger charge is -2.29. The third-order valence-electron chi connectivity index (χ3n) is 4.61. The molecule has 25 heavy (non-hydrogen) atoms. The molecule has 1 aliphatic carbocycles. The average Bonchev–Trinajstić information content (AvgIpc) is 3.08. The number of fused-ring (bicyclic) bond motifs is 1. The molecule has 1 saturated carbocycles. The Morgan fingerprint density at radius 1 is 1.24 bits per heavy atom. The molecule has 0 spiro atoms. The first-order valence-electron chi connectivity index (χ1n) is 8.65. The maximum absolute atomic E-state index is 11.9. The molecule has 134 valence electrons. The van der Waals surface area contributed by atoms with Gasteiger partial charge in [0.05, 0.1) is 0 Å². The number of benzene rings is 1. The van der Waals surface area contributed by atoms with Gasteiger partial charge in [-0.25, -0.2) is 4.79 Å². The monoisotopic (exact) mass is 345 g/mol. The van der Waals surface area contributed by atoms with E-state index in [1.54, 1.807) is 18.2 Å². The SMILES string of the molecule is CC1CCCCC1NC(=O)COC(=O)C=Cc1ccc2c(c1)OCO2. The normalized spacial score (nSPS) is 22.0. The average molecular weight is 345 g/mol. The summed E-state index contributed by atoms with van der Waals surface area (Å²) in [5.74, 6) is 1.01. The van der Waals surface area contributed by atoms with E-state index in [0.717, 1.165) is 24.8 Å². The number of carbonyl (C=O) groups is 2. The van der Waals surface area contributed by atoms with Crippen molar-refractivity contribution in [2.45, 2.75) is 38.6 Å². The first-order valence-corrected chi connectivity index (χ1v) is 8.65. The highest BCUT2D eigenvalue weighted by Crippen LogP contribution is 2.32. The third-order valence-corrected chi connectivity index (χ3v) is 4.61. The highest BCUT2D eigenvalue weighted by atomic mass is 16.7. The van der Waals surface area contributed by atoms with E-state index in [0.29, 0.717) is 17.4 Å². The van der Waals surface area contributed by atoms with Crippen LogP contribution in [0, 0.1) is 5.92 Å². The van der Waals surface area contributed by atoms with Crippen molar-refractivity contribution in [3.05, 3.63) is 29.8 Å². The van der Waals surface area contributed by atoms with Gasteiger partial charge in [-0.2, -0.15) is 0 Å². The van der Waals surface area contributed by atoms with E-state index in [2.05, 4.69) is 12.2 Å². The Balaban J connectivity index is 1.43. The molecule has 6 nitrogen and oxygen atoms in total. The number of esters is 1. The fourth-order valence-corrected chi connectivity index (χ4v) is 3.14. The lowest BCUT2D eigenvalue weighted by atomic mass is 9.86. The van der Waals surface area contributed by atoms with E-state index in [-0.39, 0.29) is 25.3 Å². The van der Waals surface area contributed by atoms with Crippen LogP contribution in [0.5, 0.6) is 11.5 Å². The fraction of sp³-hybridized carbons (Fsp3) is 0.474. The summed E-state index contributed by atoms with van der Waals surface area (Å²) in [4.78, 5) is 23.7. The first kappa shape index (κ1) is 17.3. The Morgan fingerprint density at radius 2 is 2.04 bits per heavy atom. The van der Waals surface area contributed by atoms with E-state index in [1.807, 2.05) is 6.07 Å². The maximum atomic E-state index is 11.9. The zero-order chi connectivity index (χ0) is 17.6. The summed E-state index contributed by atoms with van der Waals surface area (Å²) in [7, 11) is 0. The Kier molecular flexibility index (Phi) is 5.58. The zero-order valence-corrected chi connectivity index (χ0v) is 14.3. The van der Waals surface area contributed by atoms with Crippen LogP contribution in [0.1, 0.15) is 38.2 Å². The quantitative estimate of drug-likeness (QED) is 0.656. The standard InChI is InChI=1S/C19H23NO5/c1-13-4-2-3-5-15(13)20-18(21)11-23-19(22)9-7-14-6-8-16-17(10-14)25-12-24-16/h6-10,13,15H,2-5,11-12H2,1H3,(H,20,21). The van der Waals surface area contributed by atoms with E-state index in [9.17, 15) is 9.59 Å². The topological polar surface area (TPSA) is 73.9 Å². The molecule has 1 aromatic carbocycles. The molecule has 0 saturated heterocycles. The number of carbonyl (C=O) groups excluding carboxylic acids is 2. The number of hydrogen-bond donors (Lipinski definition) is 1. The van der Waals surface area contributed by atoms with Crippen molar-refractivity contribution in [2.75, 3.05) is 13.4 Å². The minimum atomic E-state index is -0.551. The van der Waals surface area contributed by atoms with Gasteiger partial charge in [0, 0.05) is 12.1 Å². The van der Waals surface area contributed by atoms with Crippen molar-refractivity contribution < 1.29 is 23.8 Å². The second kappa shape index (κ2) is 8.05. The molecule has 6 heteroatoms. The van der Waals surface area contributed by atoms with Gasteiger partial charge >= 0.3 is 5.97 Å². The highest BCUT2D eigenvalue weighted by Gasteiger charge is 2.23. The van der Waals surface area contributed by atoms with E-state index < -0.39 is 5.97 Å². The smallest absolute Gasteiger partial charge is 0.331 e. The molecule has 2 aliphatic rings. The molecule has 3 rings (SSSR count). The summed E-state index contributed by atoms with van der Waals surface area (Å²) in [5, 5.41) is 2.96. The summed E-state index contributed by atoms with van der Waals surface area (Å²) in [6.07, 6.45) is 7.38. The number of ether oxygens (including phenoxy) is 3. The summed E-state index contributed by atoms with van der Waals surface area (Å²) >= 11 is 0. The van der Waals surface area contributed by atoms with Crippen molar-refractivity contribution in [3.8, 4) is 11.5 Å². The van der Waals surface area contributed by atoms with Crippen molar-refractivity contribution >= 4 is 18.0 Å². The Morgan fingerprint density at radius 3 is 2.88 bits per heavy atom. The van der Waals surface area contributed by atoms with Crippen LogP contribution in [0.2, 0.25) is 0 Å². The van der Waals surface area contributed by atoms with E-state index in [1.165, 1.54) is 12.5 Å². The molecule has 1 fully saturated rings. The predicted octanol–water partition coefficient (Wildman–Crippen LogP) is 2.67. The Labute approximate surface area is 147 Å². The molecule has 1 amide bonds. The third kappa shape index (κ3) is 4.75. The minimum Gasteiger partial charge on any atom is -0.454 e. The van der Waals surface area contributed by atoms with Gasteiger partial charge < -0.3 is 19.5 Å². The number of hydrogen-bond acceptors (Lipinski definition) is 5. The molecular weight excluding hydrogens is 322 g/mol. The summed E-state index contributed by atoms with van der Waals surface area (Å²) < 4.78 is 15.5. The lowest BCUT2D eigenvalue weighted by Crippen LogP contribution is -2.42.